The summed E-state index contributed by atoms with van der Waals surface area (Å²) in [6.07, 6.45) is 0.437. The van der Waals surface area contributed by atoms with Gasteiger partial charge in [0.05, 0.1) is 6.04 Å². The first-order chi connectivity index (χ1) is 10.3. The molecule has 3 rings (SSSR count). The minimum absolute atomic E-state index is 0.0485. The zero-order valence-corrected chi connectivity index (χ0v) is 11.9. The molecule has 1 aliphatic rings. The monoisotopic (exact) mass is 281 g/mol. The largest absolute Gasteiger partial charge is 0.396 e. The van der Waals surface area contributed by atoms with E-state index < -0.39 is 0 Å². The molecule has 0 aromatic heterocycles. The van der Waals surface area contributed by atoms with Crippen molar-refractivity contribution in [2.75, 3.05) is 13.2 Å². The third-order valence-electron chi connectivity index (χ3n) is 4.04. The number of aliphatic hydroxyl groups excluding tert-OH is 1. The second-order valence-electron chi connectivity index (χ2n) is 5.52. The van der Waals surface area contributed by atoms with E-state index in [9.17, 15) is 9.90 Å². The molecule has 0 radical (unpaired) electrons. The second kappa shape index (κ2) is 6.10. The average molecular weight is 281 g/mol. The van der Waals surface area contributed by atoms with E-state index in [-0.39, 0.29) is 24.5 Å². The first-order valence-electron chi connectivity index (χ1n) is 7.30. The smallest absolute Gasteiger partial charge is 0.223 e. The van der Waals surface area contributed by atoms with Crippen LogP contribution in [-0.2, 0) is 4.79 Å². The molecular formula is C18H19NO2. The molecule has 21 heavy (non-hydrogen) atoms. The van der Waals surface area contributed by atoms with E-state index in [0.717, 1.165) is 11.1 Å². The molecule has 3 heteroatoms. The van der Waals surface area contributed by atoms with Gasteiger partial charge in [0.15, 0.2) is 0 Å². The predicted molar refractivity (Wildman–Crippen MR) is 81.6 cm³/mol. The van der Waals surface area contributed by atoms with Crippen molar-refractivity contribution in [1.29, 1.82) is 0 Å². The molecule has 0 aliphatic carbocycles. The van der Waals surface area contributed by atoms with Crippen LogP contribution in [0.1, 0.15) is 23.6 Å². The quantitative estimate of drug-likeness (QED) is 0.936. The van der Waals surface area contributed by atoms with Crippen LogP contribution in [0.2, 0.25) is 0 Å². The lowest BCUT2D eigenvalue weighted by molar-refractivity contribution is -0.129. The van der Waals surface area contributed by atoms with Gasteiger partial charge in [0.2, 0.25) is 5.91 Å². The molecule has 3 nitrogen and oxygen atoms in total. The summed E-state index contributed by atoms with van der Waals surface area (Å²) in [4.78, 5) is 14.2. The number of hydrogen-bond acceptors (Lipinski definition) is 2. The maximum Gasteiger partial charge on any atom is 0.223 e. The summed E-state index contributed by atoms with van der Waals surface area (Å²) in [5.41, 5.74) is 2.21. The van der Waals surface area contributed by atoms with Crippen molar-refractivity contribution < 1.29 is 9.90 Å². The number of nitrogens with zero attached hydrogens (tertiary/aromatic N) is 1. The third kappa shape index (κ3) is 2.83. The molecule has 1 unspecified atom stereocenters. The summed E-state index contributed by atoms with van der Waals surface area (Å²) in [6.45, 7) is 0.683. The zero-order valence-electron chi connectivity index (χ0n) is 11.9. The second-order valence-corrected chi connectivity index (χ2v) is 5.52. The maximum atomic E-state index is 12.3. The van der Waals surface area contributed by atoms with Gasteiger partial charge in [0.25, 0.3) is 0 Å². The number of likely N-dealkylation sites (tertiary alicyclic amines) is 1. The van der Waals surface area contributed by atoms with Crippen LogP contribution >= 0.6 is 0 Å². The molecule has 1 amide bonds. The van der Waals surface area contributed by atoms with Crippen LogP contribution in [0.15, 0.2) is 60.7 Å². The molecule has 108 valence electrons. The average Bonchev–Trinajstić information content (AvgIpc) is 2.91. The van der Waals surface area contributed by atoms with E-state index in [0.29, 0.717) is 13.0 Å². The Morgan fingerprint density at radius 1 is 1.00 bits per heavy atom. The lowest BCUT2D eigenvalue weighted by Crippen LogP contribution is -2.31. The van der Waals surface area contributed by atoms with Gasteiger partial charge < -0.3 is 10.0 Å². The number of aliphatic hydroxyl groups is 1. The highest BCUT2D eigenvalue weighted by Crippen LogP contribution is 2.33. The molecule has 1 heterocycles. The Hall–Kier alpha value is -2.13. The Bertz CT molecular complexity index is 558. The SMILES string of the molecule is O=C1CC(CO)CN1C(c1ccccc1)c1ccccc1. The molecule has 1 saturated heterocycles. The molecule has 1 fully saturated rings. The van der Waals surface area contributed by atoms with Gasteiger partial charge in [-0.3, -0.25) is 4.79 Å². The highest BCUT2D eigenvalue weighted by molar-refractivity contribution is 5.79. The highest BCUT2D eigenvalue weighted by Gasteiger charge is 2.35. The Kier molecular flexibility index (Phi) is 4.02. The fraction of sp³-hybridized carbons (Fsp3) is 0.278. The predicted octanol–water partition coefficient (Wildman–Crippen LogP) is 2.62. The molecule has 2 aromatic carbocycles. The van der Waals surface area contributed by atoms with Crippen LogP contribution in [0.5, 0.6) is 0 Å². The van der Waals surface area contributed by atoms with E-state index in [1.807, 2.05) is 41.3 Å². The van der Waals surface area contributed by atoms with E-state index in [2.05, 4.69) is 24.3 Å². The summed E-state index contributed by atoms with van der Waals surface area (Å²) in [6, 6.07) is 20.1. The highest BCUT2D eigenvalue weighted by atomic mass is 16.3. The van der Waals surface area contributed by atoms with Gasteiger partial charge in [0.1, 0.15) is 0 Å². The van der Waals surface area contributed by atoms with E-state index in [1.54, 1.807) is 0 Å². The van der Waals surface area contributed by atoms with E-state index in [4.69, 9.17) is 0 Å². The number of rotatable bonds is 4. The molecule has 1 N–H and O–H groups in total. The summed E-state index contributed by atoms with van der Waals surface area (Å²) < 4.78 is 0. The summed E-state index contributed by atoms with van der Waals surface area (Å²) in [5.74, 6) is 0.166. The van der Waals surface area contributed by atoms with Crippen molar-refractivity contribution in [3.8, 4) is 0 Å². The molecule has 0 spiro atoms. The van der Waals surface area contributed by atoms with Crippen LogP contribution in [0.4, 0.5) is 0 Å². The number of benzene rings is 2. The lowest BCUT2D eigenvalue weighted by atomic mass is 9.97. The fourth-order valence-electron chi connectivity index (χ4n) is 3.00. The van der Waals surface area contributed by atoms with Crippen molar-refractivity contribution in [1.82, 2.24) is 4.90 Å². The van der Waals surface area contributed by atoms with Crippen LogP contribution in [0.3, 0.4) is 0 Å². The standard InChI is InChI=1S/C18H19NO2/c20-13-14-11-17(21)19(12-14)18(15-7-3-1-4-8-15)16-9-5-2-6-10-16/h1-10,14,18,20H,11-13H2. The molecule has 0 bridgehead atoms. The summed E-state index contributed by atoms with van der Waals surface area (Å²) in [5, 5.41) is 9.35. The van der Waals surface area contributed by atoms with E-state index in [1.165, 1.54) is 0 Å². The normalized spacial score (nSPS) is 18.5. The van der Waals surface area contributed by atoms with Gasteiger partial charge >= 0.3 is 0 Å². The van der Waals surface area contributed by atoms with Crippen LogP contribution in [-0.4, -0.2) is 29.1 Å². The Morgan fingerprint density at radius 3 is 1.95 bits per heavy atom. The number of hydrogen-bond donors (Lipinski definition) is 1. The van der Waals surface area contributed by atoms with Crippen LogP contribution in [0, 0.1) is 5.92 Å². The zero-order chi connectivity index (χ0) is 14.7. The minimum atomic E-state index is -0.0727. The molecular weight excluding hydrogens is 262 g/mol. The maximum absolute atomic E-state index is 12.3. The van der Waals surface area contributed by atoms with Gasteiger partial charge in [-0.2, -0.15) is 0 Å². The molecule has 1 atom stereocenters. The topological polar surface area (TPSA) is 40.5 Å². The lowest BCUT2D eigenvalue weighted by Gasteiger charge is -2.29. The summed E-state index contributed by atoms with van der Waals surface area (Å²) in [7, 11) is 0. The number of carbonyl (C=O) groups excluding carboxylic acids is 1. The molecule has 2 aromatic rings. The fourth-order valence-corrected chi connectivity index (χ4v) is 3.00. The van der Waals surface area contributed by atoms with Gasteiger partial charge in [-0.25, -0.2) is 0 Å². The van der Waals surface area contributed by atoms with Crippen molar-refractivity contribution >= 4 is 5.91 Å². The van der Waals surface area contributed by atoms with Gasteiger partial charge in [-0.05, 0) is 11.1 Å². The van der Waals surface area contributed by atoms with Gasteiger partial charge in [-0.1, -0.05) is 60.7 Å². The van der Waals surface area contributed by atoms with Gasteiger partial charge in [-0.15, -0.1) is 0 Å². The van der Waals surface area contributed by atoms with Crippen molar-refractivity contribution in [2.24, 2.45) is 5.92 Å². The number of carbonyl (C=O) groups is 1. The third-order valence-corrected chi connectivity index (χ3v) is 4.04. The summed E-state index contributed by atoms with van der Waals surface area (Å²) >= 11 is 0. The van der Waals surface area contributed by atoms with Crippen molar-refractivity contribution in [2.45, 2.75) is 12.5 Å². The van der Waals surface area contributed by atoms with Crippen molar-refractivity contribution in [3.05, 3.63) is 71.8 Å². The van der Waals surface area contributed by atoms with Gasteiger partial charge in [0, 0.05) is 25.5 Å². The molecule has 0 saturated carbocycles. The first kappa shape index (κ1) is 13.8. The van der Waals surface area contributed by atoms with Crippen molar-refractivity contribution in [3.63, 3.8) is 0 Å². The minimum Gasteiger partial charge on any atom is -0.396 e. The Balaban J connectivity index is 1.99. The van der Waals surface area contributed by atoms with Crippen LogP contribution in [0.25, 0.3) is 0 Å². The van der Waals surface area contributed by atoms with Crippen LogP contribution < -0.4 is 0 Å². The Morgan fingerprint density at radius 2 is 1.52 bits per heavy atom. The van der Waals surface area contributed by atoms with E-state index >= 15 is 0 Å². The molecule has 1 aliphatic heterocycles. The Labute approximate surface area is 124 Å². The first-order valence-corrected chi connectivity index (χ1v) is 7.30. The number of amides is 1.